The summed E-state index contributed by atoms with van der Waals surface area (Å²) in [6, 6.07) is 0. The maximum atomic E-state index is 11.1. The third kappa shape index (κ3) is 7.66. The van der Waals surface area contributed by atoms with Crippen LogP contribution in [0, 0.1) is 0 Å². The molecule has 0 aromatic carbocycles. The Bertz CT molecular complexity index is 204. The summed E-state index contributed by atoms with van der Waals surface area (Å²) < 4.78 is 4.89. The molecule has 1 aliphatic rings. The molecule has 0 bridgehead atoms. The van der Waals surface area contributed by atoms with Crippen LogP contribution in [0.5, 0.6) is 0 Å². The first-order valence-electron chi connectivity index (χ1n) is 6.78. The van der Waals surface area contributed by atoms with Gasteiger partial charge >= 0.3 is 5.97 Å². The molecule has 0 aliphatic carbocycles. The molecular weight excluding hydrogens is 234 g/mol. The van der Waals surface area contributed by atoms with E-state index in [4.69, 9.17) is 4.74 Å². The van der Waals surface area contributed by atoms with Gasteiger partial charge in [-0.05, 0) is 32.9 Å². The van der Waals surface area contributed by atoms with Gasteiger partial charge in [0.1, 0.15) is 0 Å². The summed E-state index contributed by atoms with van der Waals surface area (Å²) >= 11 is 1.87. The lowest BCUT2D eigenvalue weighted by Gasteiger charge is -2.19. The fourth-order valence-electron chi connectivity index (χ4n) is 2.04. The fraction of sp³-hybridized carbons (Fsp3) is 0.923. The van der Waals surface area contributed by atoms with Gasteiger partial charge in [0.15, 0.2) is 0 Å². The quantitative estimate of drug-likeness (QED) is 0.519. The second-order valence-electron chi connectivity index (χ2n) is 4.42. The molecule has 4 heteroatoms. The van der Waals surface area contributed by atoms with Gasteiger partial charge in [-0.3, -0.25) is 4.79 Å². The predicted molar refractivity (Wildman–Crippen MR) is 73.5 cm³/mol. The lowest BCUT2D eigenvalue weighted by molar-refractivity contribution is -0.142. The van der Waals surface area contributed by atoms with E-state index in [1.54, 1.807) is 0 Å². The number of hydrogen-bond donors (Lipinski definition) is 0. The zero-order chi connectivity index (χ0) is 12.3. The average Bonchev–Trinajstić information content (AvgIpc) is 2.57. The van der Waals surface area contributed by atoms with Crippen LogP contribution >= 0.6 is 11.8 Å². The number of esters is 1. The van der Waals surface area contributed by atoms with E-state index in [9.17, 15) is 4.79 Å². The van der Waals surface area contributed by atoms with E-state index in [0.29, 0.717) is 13.0 Å². The highest BCUT2D eigenvalue weighted by Crippen LogP contribution is 2.11. The van der Waals surface area contributed by atoms with E-state index in [0.717, 1.165) is 11.5 Å². The van der Waals surface area contributed by atoms with E-state index in [1.165, 1.54) is 45.3 Å². The third-order valence-electron chi connectivity index (χ3n) is 3.01. The van der Waals surface area contributed by atoms with Crippen LogP contribution in [0.25, 0.3) is 0 Å². The molecule has 0 N–H and O–H groups in total. The normalized spacial score (nSPS) is 17.7. The van der Waals surface area contributed by atoms with Crippen molar-refractivity contribution in [2.75, 3.05) is 37.7 Å². The summed E-state index contributed by atoms with van der Waals surface area (Å²) in [4.78, 5) is 13.7. The average molecular weight is 259 g/mol. The largest absolute Gasteiger partial charge is 0.466 e. The van der Waals surface area contributed by atoms with Crippen molar-refractivity contribution in [3.05, 3.63) is 0 Å². The topological polar surface area (TPSA) is 29.5 Å². The number of rotatable bonds is 7. The van der Waals surface area contributed by atoms with Crippen LogP contribution in [0.2, 0.25) is 0 Å². The molecule has 0 amide bonds. The zero-order valence-corrected chi connectivity index (χ0v) is 11.8. The smallest absolute Gasteiger partial charge is 0.306 e. The van der Waals surface area contributed by atoms with E-state index in [1.807, 2.05) is 18.7 Å². The van der Waals surface area contributed by atoms with Crippen molar-refractivity contribution < 1.29 is 9.53 Å². The molecule has 3 nitrogen and oxygen atoms in total. The number of nitrogens with zero attached hydrogens (tertiary/aromatic N) is 1. The minimum Gasteiger partial charge on any atom is -0.466 e. The standard InChI is InChI=1S/C13H25NO2S/c1-2-16-13(15)7-11-17-12-10-14-8-5-3-4-6-9-14/h2-12H2,1H3. The molecule has 0 spiro atoms. The summed E-state index contributed by atoms with van der Waals surface area (Å²) in [5, 5.41) is 0. The van der Waals surface area contributed by atoms with Crippen molar-refractivity contribution in [2.24, 2.45) is 0 Å². The van der Waals surface area contributed by atoms with Gasteiger partial charge in [-0.25, -0.2) is 0 Å². The highest BCUT2D eigenvalue weighted by atomic mass is 32.2. The zero-order valence-electron chi connectivity index (χ0n) is 11.0. The van der Waals surface area contributed by atoms with Gasteiger partial charge in [-0.15, -0.1) is 0 Å². The molecular formula is C13H25NO2S. The monoisotopic (exact) mass is 259 g/mol. The van der Waals surface area contributed by atoms with Crippen molar-refractivity contribution in [1.29, 1.82) is 0 Å². The highest BCUT2D eigenvalue weighted by molar-refractivity contribution is 7.99. The van der Waals surface area contributed by atoms with E-state index in [2.05, 4.69) is 4.90 Å². The van der Waals surface area contributed by atoms with Crippen LogP contribution < -0.4 is 0 Å². The molecule has 1 fully saturated rings. The molecule has 1 rings (SSSR count). The lowest BCUT2D eigenvalue weighted by atomic mass is 10.2. The first-order chi connectivity index (χ1) is 8.33. The Morgan fingerprint density at radius 1 is 1.18 bits per heavy atom. The Balaban J connectivity index is 1.94. The van der Waals surface area contributed by atoms with Crippen molar-refractivity contribution >= 4 is 17.7 Å². The van der Waals surface area contributed by atoms with Crippen LogP contribution in [-0.4, -0.2) is 48.6 Å². The number of hydrogen-bond acceptors (Lipinski definition) is 4. The van der Waals surface area contributed by atoms with Gasteiger partial charge in [-0.1, -0.05) is 12.8 Å². The number of carbonyl (C=O) groups is 1. The summed E-state index contributed by atoms with van der Waals surface area (Å²) in [6.07, 6.45) is 6.05. The van der Waals surface area contributed by atoms with E-state index >= 15 is 0 Å². The lowest BCUT2D eigenvalue weighted by Crippen LogP contribution is -2.27. The second kappa shape index (κ2) is 9.77. The maximum absolute atomic E-state index is 11.1. The molecule has 0 saturated carbocycles. The fourth-order valence-corrected chi connectivity index (χ4v) is 2.95. The molecule has 1 saturated heterocycles. The van der Waals surface area contributed by atoms with Gasteiger partial charge in [0, 0.05) is 18.1 Å². The van der Waals surface area contributed by atoms with Crippen LogP contribution in [0.1, 0.15) is 39.0 Å². The van der Waals surface area contributed by atoms with Crippen LogP contribution in [0.4, 0.5) is 0 Å². The molecule has 17 heavy (non-hydrogen) atoms. The maximum Gasteiger partial charge on any atom is 0.306 e. The Morgan fingerprint density at radius 3 is 2.53 bits per heavy atom. The van der Waals surface area contributed by atoms with Crippen molar-refractivity contribution in [1.82, 2.24) is 4.90 Å². The van der Waals surface area contributed by atoms with Gasteiger partial charge in [0.05, 0.1) is 13.0 Å². The molecule has 0 aromatic heterocycles. The Morgan fingerprint density at radius 2 is 1.88 bits per heavy atom. The minimum absolute atomic E-state index is 0.0604. The highest BCUT2D eigenvalue weighted by Gasteiger charge is 2.08. The first-order valence-corrected chi connectivity index (χ1v) is 7.94. The van der Waals surface area contributed by atoms with Crippen LogP contribution in [0.3, 0.4) is 0 Å². The van der Waals surface area contributed by atoms with Gasteiger partial charge in [0.2, 0.25) is 0 Å². The number of carbonyl (C=O) groups excluding carboxylic acids is 1. The number of likely N-dealkylation sites (tertiary alicyclic amines) is 1. The first kappa shape index (κ1) is 14.8. The van der Waals surface area contributed by atoms with Crippen molar-refractivity contribution in [3.63, 3.8) is 0 Å². The molecule has 0 radical (unpaired) electrons. The molecule has 1 heterocycles. The van der Waals surface area contributed by atoms with E-state index in [-0.39, 0.29) is 5.97 Å². The third-order valence-corrected chi connectivity index (χ3v) is 3.97. The molecule has 0 atom stereocenters. The van der Waals surface area contributed by atoms with Gasteiger partial charge in [0.25, 0.3) is 0 Å². The Kier molecular flexibility index (Phi) is 8.53. The summed E-state index contributed by atoms with van der Waals surface area (Å²) in [7, 11) is 0. The van der Waals surface area contributed by atoms with Crippen molar-refractivity contribution in [2.45, 2.75) is 39.0 Å². The second-order valence-corrected chi connectivity index (χ2v) is 5.65. The number of thioether (sulfide) groups is 1. The summed E-state index contributed by atoms with van der Waals surface area (Å²) in [5.74, 6) is 1.97. The molecule has 0 aromatic rings. The Labute approximate surface area is 109 Å². The Hall–Kier alpha value is -0.220. The molecule has 100 valence electrons. The minimum atomic E-state index is -0.0604. The molecule has 0 unspecified atom stereocenters. The molecule has 1 aliphatic heterocycles. The van der Waals surface area contributed by atoms with E-state index < -0.39 is 0 Å². The summed E-state index contributed by atoms with van der Waals surface area (Å²) in [6.45, 7) is 6.05. The van der Waals surface area contributed by atoms with Crippen LogP contribution in [-0.2, 0) is 9.53 Å². The van der Waals surface area contributed by atoms with Crippen LogP contribution in [0.15, 0.2) is 0 Å². The van der Waals surface area contributed by atoms with Crippen molar-refractivity contribution in [3.8, 4) is 0 Å². The van der Waals surface area contributed by atoms with Gasteiger partial charge in [-0.2, -0.15) is 11.8 Å². The SMILES string of the molecule is CCOC(=O)CCSCCN1CCCCCC1. The summed E-state index contributed by atoms with van der Waals surface area (Å²) in [5.41, 5.74) is 0. The van der Waals surface area contributed by atoms with Gasteiger partial charge < -0.3 is 9.64 Å². The predicted octanol–water partition coefficient (Wildman–Crippen LogP) is 2.55. The number of ether oxygens (including phenoxy) is 1.